The van der Waals surface area contributed by atoms with Gasteiger partial charge in [0.25, 0.3) is 5.91 Å². The Balaban J connectivity index is 1.99. The number of thiophene rings is 1. The second-order valence-corrected chi connectivity index (χ2v) is 7.11. The summed E-state index contributed by atoms with van der Waals surface area (Å²) in [5.74, 6) is 0.482. The molecule has 2 rings (SSSR count). The van der Waals surface area contributed by atoms with Crippen LogP contribution < -0.4 is 10.2 Å². The van der Waals surface area contributed by atoms with E-state index >= 15 is 0 Å². The number of nitrogens with one attached hydrogen (secondary N) is 2. The normalized spacial score (nSPS) is 12.6. The smallest absolute Gasteiger partial charge is 0.251 e. The Hall–Kier alpha value is -1.65. The lowest BCUT2D eigenvalue weighted by atomic mass is 10.0. The van der Waals surface area contributed by atoms with Gasteiger partial charge in [-0.3, -0.25) is 4.79 Å². The minimum absolute atomic E-state index is 0.00175. The predicted molar refractivity (Wildman–Crippen MR) is 92.7 cm³/mol. The maximum absolute atomic E-state index is 12.3. The van der Waals surface area contributed by atoms with Gasteiger partial charge in [0.1, 0.15) is 6.04 Å². The molecule has 1 aromatic heterocycles. The van der Waals surface area contributed by atoms with Gasteiger partial charge in [-0.15, -0.1) is 11.3 Å². The van der Waals surface area contributed by atoms with Crippen LogP contribution in [0, 0.1) is 0 Å². The summed E-state index contributed by atoms with van der Waals surface area (Å²) >= 11 is 1.74. The van der Waals surface area contributed by atoms with Crippen molar-refractivity contribution in [1.82, 2.24) is 5.32 Å². The van der Waals surface area contributed by atoms with E-state index < -0.39 is 0 Å². The number of likely N-dealkylation sites (N-methyl/N-ethyl adjacent to an activating group) is 1. The molecule has 0 saturated carbocycles. The molecule has 0 spiro atoms. The van der Waals surface area contributed by atoms with Crippen molar-refractivity contribution in [1.29, 1.82) is 0 Å². The molecule has 0 aliphatic rings. The molecule has 118 valence electrons. The van der Waals surface area contributed by atoms with Crippen LogP contribution in [0.2, 0.25) is 0 Å². The van der Waals surface area contributed by atoms with Crippen LogP contribution in [0.25, 0.3) is 0 Å². The highest BCUT2D eigenvalue weighted by Crippen LogP contribution is 2.16. The van der Waals surface area contributed by atoms with Gasteiger partial charge in [-0.1, -0.05) is 32.0 Å². The number of benzene rings is 1. The lowest BCUT2D eigenvalue weighted by Crippen LogP contribution is -3.06. The van der Waals surface area contributed by atoms with E-state index in [9.17, 15) is 4.79 Å². The highest BCUT2D eigenvalue weighted by molar-refractivity contribution is 7.10. The largest absolute Gasteiger partial charge is 0.346 e. The molecule has 2 N–H and O–H groups in total. The second-order valence-electron chi connectivity index (χ2n) is 6.13. The summed E-state index contributed by atoms with van der Waals surface area (Å²) in [4.78, 5) is 14.9. The SMILES string of the molecule is CC(C)c1ccc(C(=O)NC[C@H](c2cccs2)[NH+](C)C)cc1. The van der Waals surface area contributed by atoms with Crippen LogP contribution in [0.15, 0.2) is 41.8 Å². The lowest BCUT2D eigenvalue weighted by molar-refractivity contribution is -0.890. The van der Waals surface area contributed by atoms with Gasteiger partial charge < -0.3 is 10.2 Å². The van der Waals surface area contributed by atoms with Gasteiger partial charge in [-0.05, 0) is 35.1 Å². The monoisotopic (exact) mass is 317 g/mol. The number of carbonyl (C=O) groups excluding carboxylic acids is 1. The maximum atomic E-state index is 12.3. The van der Waals surface area contributed by atoms with Crippen molar-refractivity contribution in [2.24, 2.45) is 0 Å². The van der Waals surface area contributed by atoms with Crippen LogP contribution in [0.4, 0.5) is 0 Å². The predicted octanol–water partition coefficient (Wildman–Crippen LogP) is 2.49. The molecule has 0 saturated heterocycles. The molecule has 4 heteroatoms. The quantitative estimate of drug-likeness (QED) is 0.843. The Morgan fingerprint density at radius 2 is 1.86 bits per heavy atom. The van der Waals surface area contributed by atoms with Gasteiger partial charge >= 0.3 is 0 Å². The van der Waals surface area contributed by atoms with Crippen LogP contribution in [-0.4, -0.2) is 26.5 Å². The number of hydrogen-bond donors (Lipinski definition) is 2. The minimum atomic E-state index is -0.00175. The van der Waals surface area contributed by atoms with E-state index in [0.29, 0.717) is 18.5 Å². The van der Waals surface area contributed by atoms with Gasteiger partial charge in [0.15, 0.2) is 0 Å². The van der Waals surface area contributed by atoms with Crippen LogP contribution in [0.1, 0.15) is 46.6 Å². The van der Waals surface area contributed by atoms with Gasteiger partial charge in [0, 0.05) is 5.56 Å². The van der Waals surface area contributed by atoms with E-state index in [-0.39, 0.29) is 5.91 Å². The molecule has 0 aliphatic carbocycles. The molecule has 0 bridgehead atoms. The Bertz CT molecular complexity index is 588. The van der Waals surface area contributed by atoms with E-state index in [1.165, 1.54) is 15.3 Å². The molecule has 0 unspecified atom stereocenters. The summed E-state index contributed by atoms with van der Waals surface area (Å²) in [6.07, 6.45) is 0. The van der Waals surface area contributed by atoms with E-state index in [1.54, 1.807) is 11.3 Å². The fourth-order valence-corrected chi connectivity index (χ4v) is 3.35. The number of hydrogen-bond acceptors (Lipinski definition) is 2. The zero-order chi connectivity index (χ0) is 16.1. The van der Waals surface area contributed by atoms with Gasteiger partial charge in [-0.2, -0.15) is 0 Å². The highest BCUT2D eigenvalue weighted by Gasteiger charge is 2.20. The standard InChI is InChI=1S/C18H24N2OS/c1-13(2)14-7-9-15(10-8-14)18(21)19-12-16(20(3)4)17-6-5-11-22-17/h5-11,13,16H,12H2,1-4H3,(H,19,21)/p+1/t16-/m1/s1. The van der Waals surface area contributed by atoms with Crippen molar-refractivity contribution in [3.05, 3.63) is 57.8 Å². The molecule has 0 aliphatic heterocycles. The van der Waals surface area contributed by atoms with Crippen molar-refractivity contribution in [2.75, 3.05) is 20.6 Å². The molecule has 0 radical (unpaired) electrons. The summed E-state index contributed by atoms with van der Waals surface area (Å²) in [5.41, 5.74) is 1.98. The Labute approximate surface area is 137 Å². The topological polar surface area (TPSA) is 33.5 Å². The first-order valence-electron chi connectivity index (χ1n) is 7.70. The van der Waals surface area contributed by atoms with E-state index in [1.807, 2.05) is 24.3 Å². The lowest BCUT2D eigenvalue weighted by Gasteiger charge is -2.20. The average molecular weight is 317 g/mol. The first-order valence-corrected chi connectivity index (χ1v) is 8.58. The van der Waals surface area contributed by atoms with E-state index in [2.05, 4.69) is 50.8 Å². The molecule has 22 heavy (non-hydrogen) atoms. The van der Waals surface area contributed by atoms with Gasteiger partial charge in [-0.25, -0.2) is 0 Å². The van der Waals surface area contributed by atoms with Crippen molar-refractivity contribution in [2.45, 2.75) is 25.8 Å². The van der Waals surface area contributed by atoms with Crippen LogP contribution in [0.3, 0.4) is 0 Å². The van der Waals surface area contributed by atoms with E-state index in [0.717, 1.165) is 5.56 Å². The van der Waals surface area contributed by atoms with Gasteiger partial charge in [0.2, 0.25) is 0 Å². The molecule has 1 heterocycles. The summed E-state index contributed by atoms with van der Waals surface area (Å²) in [5, 5.41) is 5.15. The van der Waals surface area contributed by atoms with Crippen molar-refractivity contribution in [3.8, 4) is 0 Å². The third-order valence-corrected chi connectivity index (χ3v) is 4.88. The zero-order valence-electron chi connectivity index (χ0n) is 13.7. The van der Waals surface area contributed by atoms with Crippen molar-refractivity contribution in [3.63, 3.8) is 0 Å². The Kier molecular flexibility index (Phi) is 5.75. The molecular weight excluding hydrogens is 292 g/mol. The molecule has 3 nitrogen and oxygen atoms in total. The maximum Gasteiger partial charge on any atom is 0.251 e. The molecule has 2 aromatic rings. The summed E-state index contributed by atoms with van der Waals surface area (Å²) < 4.78 is 0. The zero-order valence-corrected chi connectivity index (χ0v) is 14.5. The summed E-state index contributed by atoms with van der Waals surface area (Å²) in [6.45, 7) is 4.95. The Morgan fingerprint density at radius 3 is 2.36 bits per heavy atom. The third kappa shape index (κ3) is 4.18. The fourth-order valence-electron chi connectivity index (χ4n) is 2.39. The number of amides is 1. The molecule has 1 aromatic carbocycles. The summed E-state index contributed by atoms with van der Waals surface area (Å²) in [6, 6.07) is 12.4. The fraction of sp³-hybridized carbons (Fsp3) is 0.389. The average Bonchev–Trinajstić information content (AvgIpc) is 3.01. The number of carbonyl (C=O) groups is 1. The second kappa shape index (κ2) is 7.56. The van der Waals surface area contributed by atoms with E-state index in [4.69, 9.17) is 0 Å². The highest BCUT2D eigenvalue weighted by atomic mass is 32.1. The Morgan fingerprint density at radius 1 is 1.18 bits per heavy atom. The molecule has 0 fully saturated rings. The minimum Gasteiger partial charge on any atom is -0.346 e. The first-order chi connectivity index (χ1) is 10.5. The number of rotatable bonds is 6. The van der Waals surface area contributed by atoms with Crippen molar-refractivity contribution >= 4 is 17.2 Å². The van der Waals surface area contributed by atoms with Crippen molar-refractivity contribution < 1.29 is 9.69 Å². The summed E-state index contributed by atoms with van der Waals surface area (Å²) in [7, 11) is 4.24. The van der Waals surface area contributed by atoms with Crippen LogP contribution in [-0.2, 0) is 0 Å². The molecular formula is C18H25N2OS+. The number of quaternary nitrogens is 1. The third-order valence-electron chi connectivity index (χ3n) is 3.89. The van der Waals surface area contributed by atoms with Crippen LogP contribution >= 0.6 is 11.3 Å². The first kappa shape index (κ1) is 16.7. The van der Waals surface area contributed by atoms with Crippen LogP contribution in [0.5, 0.6) is 0 Å². The molecule has 1 atom stereocenters. The van der Waals surface area contributed by atoms with Gasteiger partial charge in [0.05, 0.1) is 25.5 Å². The molecule has 1 amide bonds.